The quantitative estimate of drug-likeness (QED) is 0.780. The first-order valence-electron chi connectivity index (χ1n) is 8.45. The van der Waals surface area contributed by atoms with Gasteiger partial charge in [0.15, 0.2) is 11.0 Å². The summed E-state index contributed by atoms with van der Waals surface area (Å²) in [5, 5.41) is 19.8. The number of nitrogens with zero attached hydrogens (tertiary/aromatic N) is 3. The minimum absolute atomic E-state index is 0.334. The molecule has 1 aromatic heterocycles. The number of carbonyl (C=O) groups is 1. The Balaban J connectivity index is 2.01. The lowest BCUT2D eigenvalue weighted by molar-refractivity contribution is -0.304. The van der Waals surface area contributed by atoms with E-state index >= 15 is 0 Å². The molecule has 0 saturated heterocycles. The minimum Gasteiger partial charge on any atom is -0.549 e. The van der Waals surface area contributed by atoms with E-state index in [2.05, 4.69) is 33.8 Å². The second kappa shape index (κ2) is 7.38. The standard InChI is InChI=1S/C18H23N3O2S/c1-12-7-6-8-14(11-12)16-19-20-18(24-13(2)17(22)23)21(16)15-9-4-3-5-10-15/h6-8,11,13,15H,3-5,9-10H2,1-2H3,(H,22,23)/p-1/t13-/m0/s1. The molecule has 0 radical (unpaired) electrons. The lowest BCUT2D eigenvalue weighted by atomic mass is 9.95. The molecule has 0 N–H and O–H groups in total. The predicted molar refractivity (Wildman–Crippen MR) is 92.6 cm³/mol. The van der Waals surface area contributed by atoms with E-state index in [1.54, 1.807) is 6.92 Å². The van der Waals surface area contributed by atoms with E-state index in [-0.39, 0.29) is 0 Å². The van der Waals surface area contributed by atoms with Crippen LogP contribution in [0.4, 0.5) is 0 Å². The molecule has 0 unspecified atom stereocenters. The summed E-state index contributed by atoms with van der Waals surface area (Å²) in [5.41, 5.74) is 2.20. The van der Waals surface area contributed by atoms with Crippen molar-refractivity contribution in [3.63, 3.8) is 0 Å². The number of aryl methyl sites for hydroxylation is 1. The number of benzene rings is 1. The molecule has 0 aliphatic heterocycles. The van der Waals surface area contributed by atoms with E-state index in [1.807, 2.05) is 12.1 Å². The maximum atomic E-state index is 11.1. The van der Waals surface area contributed by atoms with Crippen molar-refractivity contribution in [2.45, 2.75) is 62.4 Å². The van der Waals surface area contributed by atoms with Crippen LogP contribution in [0.15, 0.2) is 29.4 Å². The SMILES string of the molecule is Cc1cccc(-c2nnc(S[C@@H](C)C(=O)[O-])n2C2CCCCC2)c1. The van der Waals surface area contributed by atoms with Crippen molar-refractivity contribution in [3.05, 3.63) is 29.8 Å². The molecule has 24 heavy (non-hydrogen) atoms. The lowest BCUT2D eigenvalue weighted by Crippen LogP contribution is -2.31. The smallest absolute Gasteiger partial charge is 0.192 e. The van der Waals surface area contributed by atoms with E-state index in [1.165, 1.54) is 36.6 Å². The number of hydrogen-bond acceptors (Lipinski definition) is 5. The van der Waals surface area contributed by atoms with Crippen molar-refractivity contribution >= 4 is 17.7 Å². The van der Waals surface area contributed by atoms with Crippen molar-refractivity contribution in [1.29, 1.82) is 0 Å². The first-order chi connectivity index (χ1) is 11.6. The normalized spacial score (nSPS) is 16.9. The van der Waals surface area contributed by atoms with E-state index in [9.17, 15) is 9.90 Å². The van der Waals surface area contributed by atoms with Gasteiger partial charge in [0.05, 0.1) is 5.97 Å². The first kappa shape index (κ1) is 17.0. The van der Waals surface area contributed by atoms with Gasteiger partial charge in [0.2, 0.25) is 0 Å². The number of carboxylic acids is 1. The topological polar surface area (TPSA) is 70.8 Å². The summed E-state index contributed by atoms with van der Waals surface area (Å²) < 4.78 is 2.15. The third-order valence-electron chi connectivity index (χ3n) is 4.49. The second-order valence-electron chi connectivity index (χ2n) is 6.42. The van der Waals surface area contributed by atoms with Gasteiger partial charge in [-0.3, -0.25) is 4.57 Å². The second-order valence-corrected chi connectivity index (χ2v) is 7.72. The van der Waals surface area contributed by atoms with Gasteiger partial charge in [0, 0.05) is 16.9 Å². The van der Waals surface area contributed by atoms with Crippen LogP contribution >= 0.6 is 11.8 Å². The Morgan fingerprint density at radius 2 is 2.04 bits per heavy atom. The summed E-state index contributed by atoms with van der Waals surface area (Å²) in [6.45, 7) is 3.69. The molecule has 3 rings (SSSR count). The maximum absolute atomic E-state index is 11.1. The molecule has 1 aliphatic carbocycles. The van der Waals surface area contributed by atoms with Gasteiger partial charge in [0.1, 0.15) is 0 Å². The summed E-state index contributed by atoms with van der Waals surface area (Å²) in [4.78, 5) is 11.1. The first-order valence-corrected chi connectivity index (χ1v) is 9.33. The van der Waals surface area contributed by atoms with Gasteiger partial charge in [-0.05, 0) is 32.8 Å². The Hall–Kier alpha value is -1.82. The summed E-state index contributed by atoms with van der Waals surface area (Å²) in [6, 6.07) is 8.54. The van der Waals surface area contributed by atoms with E-state index < -0.39 is 11.2 Å². The van der Waals surface area contributed by atoms with Gasteiger partial charge in [0.25, 0.3) is 0 Å². The zero-order chi connectivity index (χ0) is 17.1. The molecule has 1 heterocycles. The fraction of sp³-hybridized carbons (Fsp3) is 0.500. The van der Waals surface area contributed by atoms with Gasteiger partial charge >= 0.3 is 0 Å². The fourth-order valence-corrected chi connectivity index (χ4v) is 4.06. The molecule has 6 heteroatoms. The van der Waals surface area contributed by atoms with Crippen molar-refractivity contribution in [3.8, 4) is 11.4 Å². The van der Waals surface area contributed by atoms with Crippen molar-refractivity contribution < 1.29 is 9.90 Å². The van der Waals surface area contributed by atoms with Crippen LogP contribution in [0.5, 0.6) is 0 Å². The summed E-state index contributed by atoms with van der Waals surface area (Å²) in [7, 11) is 0. The highest BCUT2D eigenvalue weighted by atomic mass is 32.2. The Labute approximate surface area is 146 Å². The third-order valence-corrected chi connectivity index (χ3v) is 5.53. The van der Waals surface area contributed by atoms with Crippen LogP contribution in [0.1, 0.15) is 50.6 Å². The summed E-state index contributed by atoms with van der Waals surface area (Å²) in [6.07, 6.45) is 5.82. The van der Waals surface area contributed by atoms with Crippen molar-refractivity contribution in [2.24, 2.45) is 0 Å². The van der Waals surface area contributed by atoms with Crippen LogP contribution in [0.25, 0.3) is 11.4 Å². The number of rotatable bonds is 5. The van der Waals surface area contributed by atoms with Crippen LogP contribution in [0, 0.1) is 6.92 Å². The summed E-state index contributed by atoms with van der Waals surface area (Å²) >= 11 is 1.22. The zero-order valence-electron chi connectivity index (χ0n) is 14.1. The Morgan fingerprint density at radius 3 is 2.71 bits per heavy atom. The van der Waals surface area contributed by atoms with Crippen LogP contribution in [0.2, 0.25) is 0 Å². The average molecular weight is 344 g/mol. The molecule has 1 aromatic carbocycles. The Morgan fingerprint density at radius 1 is 1.29 bits per heavy atom. The monoisotopic (exact) mass is 344 g/mol. The van der Waals surface area contributed by atoms with E-state index in [0.717, 1.165) is 24.2 Å². The number of aliphatic carboxylic acids is 1. The Bertz CT molecular complexity index is 723. The van der Waals surface area contributed by atoms with Gasteiger partial charge in [-0.15, -0.1) is 10.2 Å². The molecular weight excluding hydrogens is 322 g/mol. The molecule has 0 amide bonds. The highest BCUT2D eigenvalue weighted by Gasteiger charge is 2.25. The number of carboxylic acid groups (broad SMARTS) is 1. The third kappa shape index (κ3) is 3.64. The molecule has 1 aliphatic rings. The van der Waals surface area contributed by atoms with Crippen molar-refractivity contribution in [2.75, 3.05) is 0 Å². The number of thioether (sulfide) groups is 1. The average Bonchev–Trinajstić information content (AvgIpc) is 2.99. The van der Waals surface area contributed by atoms with Crippen LogP contribution in [-0.2, 0) is 4.79 Å². The highest BCUT2D eigenvalue weighted by molar-refractivity contribution is 8.00. The molecule has 1 saturated carbocycles. The van der Waals surface area contributed by atoms with Crippen LogP contribution < -0.4 is 5.11 Å². The number of hydrogen-bond donors (Lipinski definition) is 0. The van der Waals surface area contributed by atoms with Gasteiger partial charge < -0.3 is 9.90 Å². The molecular formula is C18H22N3O2S-. The zero-order valence-corrected chi connectivity index (χ0v) is 14.9. The molecule has 5 nitrogen and oxygen atoms in total. The molecule has 1 fully saturated rings. The summed E-state index contributed by atoms with van der Waals surface area (Å²) in [5.74, 6) is -0.242. The number of aromatic nitrogens is 3. The van der Waals surface area contributed by atoms with E-state index in [4.69, 9.17) is 0 Å². The minimum atomic E-state index is -1.07. The van der Waals surface area contributed by atoms with Crippen molar-refractivity contribution in [1.82, 2.24) is 14.8 Å². The molecule has 2 aromatic rings. The Kier molecular flexibility index (Phi) is 5.23. The largest absolute Gasteiger partial charge is 0.549 e. The maximum Gasteiger partial charge on any atom is 0.192 e. The number of carbonyl (C=O) groups excluding carboxylic acids is 1. The van der Waals surface area contributed by atoms with Crippen LogP contribution in [0.3, 0.4) is 0 Å². The van der Waals surface area contributed by atoms with E-state index in [0.29, 0.717) is 11.2 Å². The lowest BCUT2D eigenvalue weighted by Gasteiger charge is -2.26. The fourth-order valence-electron chi connectivity index (χ4n) is 3.21. The van der Waals surface area contributed by atoms with Gasteiger partial charge in [-0.25, -0.2) is 0 Å². The van der Waals surface area contributed by atoms with Gasteiger partial charge in [-0.2, -0.15) is 0 Å². The molecule has 1 atom stereocenters. The highest BCUT2D eigenvalue weighted by Crippen LogP contribution is 2.36. The van der Waals surface area contributed by atoms with Gasteiger partial charge in [-0.1, -0.05) is 54.8 Å². The van der Waals surface area contributed by atoms with Crippen LogP contribution in [-0.4, -0.2) is 26.0 Å². The molecule has 128 valence electrons. The molecule has 0 spiro atoms. The molecule has 0 bridgehead atoms. The predicted octanol–water partition coefficient (Wildman–Crippen LogP) is 2.99.